The average molecular weight is 261 g/mol. The molecule has 0 aromatic heterocycles. The Morgan fingerprint density at radius 1 is 1.37 bits per heavy atom. The van der Waals surface area contributed by atoms with E-state index in [4.69, 9.17) is 0 Å². The van der Waals surface area contributed by atoms with Gasteiger partial charge in [-0.05, 0) is 29.9 Å². The molecule has 2 rings (SSSR count). The third kappa shape index (κ3) is 2.81. The molecule has 1 saturated heterocycles. The van der Waals surface area contributed by atoms with E-state index in [1.54, 1.807) is 0 Å². The Morgan fingerprint density at radius 3 is 2.68 bits per heavy atom. The summed E-state index contributed by atoms with van der Waals surface area (Å²) < 4.78 is 0. The van der Waals surface area contributed by atoms with Gasteiger partial charge in [-0.1, -0.05) is 39.0 Å². The zero-order valence-corrected chi connectivity index (χ0v) is 12.0. The van der Waals surface area contributed by atoms with Gasteiger partial charge < -0.3 is 10.0 Å². The predicted octanol–water partition coefficient (Wildman–Crippen LogP) is 2.58. The normalized spacial score (nSPS) is 19.8. The summed E-state index contributed by atoms with van der Waals surface area (Å²) in [7, 11) is 0. The zero-order valence-electron chi connectivity index (χ0n) is 12.0. The van der Waals surface area contributed by atoms with Gasteiger partial charge in [-0.25, -0.2) is 0 Å². The zero-order chi connectivity index (χ0) is 14.0. The fourth-order valence-corrected chi connectivity index (χ4v) is 2.77. The largest absolute Gasteiger partial charge is 0.394 e. The van der Waals surface area contributed by atoms with Crippen LogP contribution >= 0.6 is 0 Å². The number of hydrogen-bond donors (Lipinski definition) is 1. The second-order valence-electron chi connectivity index (χ2n) is 6.27. The number of aliphatic hydroxyl groups is 1. The highest BCUT2D eigenvalue weighted by Gasteiger charge is 2.31. The molecule has 0 radical (unpaired) electrons. The van der Waals surface area contributed by atoms with Gasteiger partial charge in [0.1, 0.15) is 0 Å². The molecular weight excluding hydrogens is 238 g/mol. The number of benzene rings is 1. The van der Waals surface area contributed by atoms with E-state index in [1.807, 2.05) is 29.2 Å². The van der Waals surface area contributed by atoms with Gasteiger partial charge in [0, 0.05) is 12.1 Å². The lowest BCUT2D eigenvalue weighted by atomic mass is 9.83. The van der Waals surface area contributed by atoms with Crippen molar-refractivity contribution in [3.05, 3.63) is 35.4 Å². The van der Waals surface area contributed by atoms with Crippen molar-refractivity contribution in [3.8, 4) is 0 Å². The first kappa shape index (κ1) is 14.1. The van der Waals surface area contributed by atoms with Crippen molar-refractivity contribution < 1.29 is 9.90 Å². The summed E-state index contributed by atoms with van der Waals surface area (Å²) >= 11 is 0. The molecule has 1 aliphatic rings. The third-order valence-electron chi connectivity index (χ3n) is 3.81. The second-order valence-corrected chi connectivity index (χ2v) is 6.27. The summed E-state index contributed by atoms with van der Waals surface area (Å²) in [5.74, 6) is 0.0575. The Labute approximate surface area is 115 Å². The number of rotatable bonds is 2. The van der Waals surface area contributed by atoms with Crippen LogP contribution in [-0.2, 0) is 5.41 Å². The molecule has 0 aliphatic carbocycles. The molecule has 1 heterocycles. The lowest BCUT2D eigenvalue weighted by molar-refractivity contribution is 0.0675. The van der Waals surface area contributed by atoms with Crippen molar-refractivity contribution >= 4 is 5.91 Å². The Balaban J connectivity index is 2.34. The minimum absolute atomic E-state index is 0.0134. The van der Waals surface area contributed by atoms with E-state index in [0.29, 0.717) is 0 Å². The lowest BCUT2D eigenvalue weighted by Crippen LogP contribution is -2.38. The highest BCUT2D eigenvalue weighted by molar-refractivity contribution is 5.96. The van der Waals surface area contributed by atoms with Crippen LogP contribution in [0.3, 0.4) is 0 Å². The molecule has 1 aliphatic heterocycles. The summed E-state index contributed by atoms with van der Waals surface area (Å²) in [6.07, 6.45) is 1.88. The molecule has 3 nitrogen and oxygen atoms in total. The molecule has 1 atom stereocenters. The van der Waals surface area contributed by atoms with Crippen LogP contribution < -0.4 is 0 Å². The van der Waals surface area contributed by atoms with Gasteiger partial charge in [0.05, 0.1) is 12.6 Å². The molecule has 1 fully saturated rings. The third-order valence-corrected chi connectivity index (χ3v) is 3.81. The number of aliphatic hydroxyl groups excluding tert-OH is 1. The highest BCUT2D eigenvalue weighted by atomic mass is 16.3. The van der Waals surface area contributed by atoms with Crippen molar-refractivity contribution in [3.63, 3.8) is 0 Å². The number of carbonyl (C=O) groups is 1. The minimum Gasteiger partial charge on any atom is -0.394 e. The molecule has 0 unspecified atom stereocenters. The predicted molar refractivity (Wildman–Crippen MR) is 76.3 cm³/mol. The monoisotopic (exact) mass is 261 g/mol. The number of hydrogen-bond acceptors (Lipinski definition) is 2. The van der Waals surface area contributed by atoms with Crippen LogP contribution in [-0.4, -0.2) is 35.1 Å². The SMILES string of the molecule is CC(C)(C)c1ccccc1C(=O)N1CCC[C@@H]1CO. The Bertz CT molecular complexity index is 462. The molecule has 1 N–H and O–H groups in total. The maximum Gasteiger partial charge on any atom is 0.254 e. The van der Waals surface area contributed by atoms with Gasteiger partial charge >= 0.3 is 0 Å². The maximum absolute atomic E-state index is 12.7. The first-order valence-electron chi connectivity index (χ1n) is 6.96. The Morgan fingerprint density at radius 2 is 2.05 bits per heavy atom. The van der Waals surface area contributed by atoms with E-state index < -0.39 is 0 Å². The molecular formula is C16H23NO2. The van der Waals surface area contributed by atoms with Gasteiger partial charge in [0.2, 0.25) is 0 Å². The first-order valence-corrected chi connectivity index (χ1v) is 6.96. The summed E-state index contributed by atoms with van der Waals surface area (Å²) in [6, 6.07) is 7.80. The van der Waals surface area contributed by atoms with Crippen LogP contribution in [0.25, 0.3) is 0 Å². The van der Waals surface area contributed by atoms with E-state index >= 15 is 0 Å². The quantitative estimate of drug-likeness (QED) is 0.889. The molecule has 1 amide bonds. The van der Waals surface area contributed by atoms with Crippen molar-refractivity contribution in [2.45, 2.75) is 45.1 Å². The standard InChI is InChI=1S/C16H23NO2/c1-16(2,3)14-9-5-4-8-13(14)15(19)17-10-6-7-12(17)11-18/h4-5,8-9,12,18H,6-7,10-11H2,1-3H3/t12-/m1/s1. The maximum atomic E-state index is 12.7. The van der Waals surface area contributed by atoms with Gasteiger partial charge in [0.25, 0.3) is 5.91 Å². The number of carbonyl (C=O) groups excluding carboxylic acids is 1. The molecule has 0 saturated carbocycles. The summed E-state index contributed by atoms with van der Waals surface area (Å²) in [5.41, 5.74) is 1.79. The fourth-order valence-electron chi connectivity index (χ4n) is 2.77. The van der Waals surface area contributed by atoms with Crippen LogP contribution in [0.1, 0.15) is 49.5 Å². The van der Waals surface area contributed by atoms with Crippen LogP contribution in [0.4, 0.5) is 0 Å². The molecule has 1 aromatic rings. The summed E-state index contributed by atoms with van der Waals surface area (Å²) in [6.45, 7) is 7.16. The highest BCUT2D eigenvalue weighted by Crippen LogP contribution is 2.28. The van der Waals surface area contributed by atoms with Gasteiger partial charge in [-0.2, -0.15) is 0 Å². The molecule has 3 heteroatoms. The second kappa shape index (κ2) is 5.33. The van der Waals surface area contributed by atoms with Crippen LogP contribution in [0.5, 0.6) is 0 Å². The first-order chi connectivity index (χ1) is 8.95. The van der Waals surface area contributed by atoms with Crippen molar-refractivity contribution in [2.75, 3.05) is 13.2 Å². The van der Waals surface area contributed by atoms with E-state index in [9.17, 15) is 9.90 Å². The molecule has 0 spiro atoms. The number of nitrogens with zero attached hydrogens (tertiary/aromatic N) is 1. The smallest absolute Gasteiger partial charge is 0.254 e. The fraction of sp³-hybridized carbons (Fsp3) is 0.562. The number of likely N-dealkylation sites (tertiary alicyclic amines) is 1. The Hall–Kier alpha value is -1.35. The Kier molecular flexibility index (Phi) is 3.95. The average Bonchev–Trinajstić information content (AvgIpc) is 2.85. The minimum atomic E-state index is -0.0549. The van der Waals surface area contributed by atoms with Gasteiger partial charge in [-0.15, -0.1) is 0 Å². The van der Waals surface area contributed by atoms with E-state index in [1.165, 1.54) is 0 Å². The van der Waals surface area contributed by atoms with E-state index in [2.05, 4.69) is 20.8 Å². The summed E-state index contributed by atoms with van der Waals surface area (Å²) in [4.78, 5) is 14.5. The van der Waals surface area contributed by atoms with Crippen LogP contribution in [0.2, 0.25) is 0 Å². The molecule has 0 bridgehead atoms. The molecule has 104 valence electrons. The van der Waals surface area contributed by atoms with Crippen molar-refractivity contribution in [2.24, 2.45) is 0 Å². The molecule has 1 aromatic carbocycles. The van der Waals surface area contributed by atoms with Crippen molar-refractivity contribution in [1.82, 2.24) is 4.90 Å². The molecule has 19 heavy (non-hydrogen) atoms. The van der Waals surface area contributed by atoms with Crippen LogP contribution in [0.15, 0.2) is 24.3 Å². The van der Waals surface area contributed by atoms with Gasteiger partial charge in [-0.3, -0.25) is 4.79 Å². The number of amides is 1. The van der Waals surface area contributed by atoms with E-state index in [-0.39, 0.29) is 24.0 Å². The van der Waals surface area contributed by atoms with E-state index in [0.717, 1.165) is 30.5 Å². The van der Waals surface area contributed by atoms with Crippen molar-refractivity contribution in [1.29, 1.82) is 0 Å². The summed E-state index contributed by atoms with van der Waals surface area (Å²) in [5, 5.41) is 9.37. The lowest BCUT2D eigenvalue weighted by Gasteiger charge is -2.27. The topological polar surface area (TPSA) is 40.5 Å². The van der Waals surface area contributed by atoms with Crippen LogP contribution in [0, 0.1) is 0 Å². The van der Waals surface area contributed by atoms with Gasteiger partial charge in [0.15, 0.2) is 0 Å².